The Balaban J connectivity index is 1.69. The topological polar surface area (TPSA) is 50.2 Å². The average molecular weight is 366 g/mol. The maximum atomic E-state index is 13.2. The zero-order valence-corrected chi connectivity index (χ0v) is 15.5. The van der Waals surface area contributed by atoms with E-state index in [0.717, 1.165) is 23.5 Å². The number of imidazole rings is 1. The monoisotopic (exact) mass is 366 g/mol. The van der Waals surface area contributed by atoms with Crippen molar-refractivity contribution < 1.29 is 9.18 Å². The highest BCUT2D eigenvalue weighted by Gasteiger charge is 2.13. The molecule has 0 fully saturated rings. The summed E-state index contributed by atoms with van der Waals surface area (Å²) in [5, 5.41) is 2.91. The number of benzene rings is 2. The summed E-state index contributed by atoms with van der Waals surface area (Å²) in [7, 11) is 3.97. The SMILES string of the molecule is CN(C)Cc1cn(-c2ccccc2C(=O)NCCc2cccc(F)c2)cn1. The van der Waals surface area contributed by atoms with Gasteiger partial charge in [-0.25, -0.2) is 9.37 Å². The first-order chi connectivity index (χ1) is 13.0. The van der Waals surface area contributed by atoms with Crippen molar-refractivity contribution in [2.75, 3.05) is 20.6 Å². The molecular formula is C21H23FN4O. The predicted octanol–water partition coefficient (Wildman–Crippen LogP) is 3.05. The van der Waals surface area contributed by atoms with Gasteiger partial charge in [-0.1, -0.05) is 24.3 Å². The highest BCUT2D eigenvalue weighted by Crippen LogP contribution is 2.15. The van der Waals surface area contributed by atoms with Crippen LogP contribution in [0.5, 0.6) is 0 Å². The van der Waals surface area contributed by atoms with Gasteiger partial charge in [0, 0.05) is 19.3 Å². The van der Waals surface area contributed by atoms with Crippen LogP contribution in [0.15, 0.2) is 61.1 Å². The summed E-state index contributed by atoms with van der Waals surface area (Å²) in [4.78, 5) is 19.1. The van der Waals surface area contributed by atoms with E-state index in [1.165, 1.54) is 12.1 Å². The van der Waals surface area contributed by atoms with Gasteiger partial charge in [-0.05, 0) is 50.3 Å². The molecule has 2 aromatic carbocycles. The number of para-hydroxylation sites is 1. The minimum Gasteiger partial charge on any atom is -0.352 e. The average Bonchev–Trinajstić information content (AvgIpc) is 3.09. The van der Waals surface area contributed by atoms with Crippen molar-refractivity contribution in [1.29, 1.82) is 0 Å². The van der Waals surface area contributed by atoms with Crippen LogP contribution in [0.4, 0.5) is 4.39 Å². The van der Waals surface area contributed by atoms with Gasteiger partial charge < -0.3 is 14.8 Å². The third-order valence-electron chi connectivity index (χ3n) is 4.13. The summed E-state index contributed by atoms with van der Waals surface area (Å²) in [6.45, 7) is 1.17. The van der Waals surface area contributed by atoms with Crippen molar-refractivity contribution >= 4 is 5.91 Å². The smallest absolute Gasteiger partial charge is 0.253 e. The van der Waals surface area contributed by atoms with Crippen molar-refractivity contribution in [3.8, 4) is 5.69 Å². The van der Waals surface area contributed by atoms with Gasteiger partial charge in [0.1, 0.15) is 5.82 Å². The first kappa shape index (κ1) is 18.8. The van der Waals surface area contributed by atoms with Crippen LogP contribution in [0.2, 0.25) is 0 Å². The molecule has 0 radical (unpaired) electrons. The van der Waals surface area contributed by atoms with Gasteiger partial charge in [0.25, 0.3) is 5.91 Å². The zero-order valence-electron chi connectivity index (χ0n) is 15.5. The molecule has 0 unspecified atom stereocenters. The third kappa shape index (κ3) is 5.01. The summed E-state index contributed by atoms with van der Waals surface area (Å²) < 4.78 is 15.1. The van der Waals surface area contributed by atoms with Crippen LogP contribution >= 0.6 is 0 Å². The second-order valence-corrected chi connectivity index (χ2v) is 6.66. The van der Waals surface area contributed by atoms with E-state index in [9.17, 15) is 9.18 Å². The Morgan fingerprint density at radius 1 is 1.19 bits per heavy atom. The van der Waals surface area contributed by atoms with E-state index >= 15 is 0 Å². The fraction of sp³-hybridized carbons (Fsp3) is 0.238. The number of aromatic nitrogens is 2. The van der Waals surface area contributed by atoms with Crippen molar-refractivity contribution in [2.45, 2.75) is 13.0 Å². The number of amides is 1. The molecule has 6 heteroatoms. The molecule has 0 bridgehead atoms. The molecule has 0 aliphatic heterocycles. The summed E-state index contributed by atoms with van der Waals surface area (Å²) in [6, 6.07) is 13.8. The lowest BCUT2D eigenvalue weighted by atomic mass is 10.1. The highest BCUT2D eigenvalue weighted by atomic mass is 19.1. The Bertz CT molecular complexity index is 920. The molecule has 0 saturated heterocycles. The van der Waals surface area contributed by atoms with E-state index in [-0.39, 0.29) is 11.7 Å². The lowest BCUT2D eigenvalue weighted by molar-refractivity contribution is 0.0954. The van der Waals surface area contributed by atoms with Crippen LogP contribution in [0, 0.1) is 5.82 Å². The second kappa shape index (κ2) is 8.60. The molecule has 27 heavy (non-hydrogen) atoms. The van der Waals surface area contributed by atoms with Gasteiger partial charge >= 0.3 is 0 Å². The molecule has 1 aromatic heterocycles. The fourth-order valence-corrected chi connectivity index (χ4v) is 2.90. The maximum absolute atomic E-state index is 13.2. The molecule has 0 aliphatic rings. The molecule has 1 N–H and O–H groups in total. The van der Waals surface area contributed by atoms with Crippen molar-refractivity contribution in [2.24, 2.45) is 0 Å². The van der Waals surface area contributed by atoms with Crippen LogP contribution in [-0.2, 0) is 13.0 Å². The Morgan fingerprint density at radius 2 is 2.00 bits per heavy atom. The van der Waals surface area contributed by atoms with Gasteiger partial charge in [0.2, 0.25) is 0 Å². The van der Waals surface area contributed by atoms with E-state index in [4.69, 9.17) is 0 Å². The van der Waals surface area contributed by atoms with Crippen LogP contribution in [-0.4, -0.2) is 41.0 Å². The minimum absolute atomic E-state index is 0.162. The molecule has 3 aromatic rings. The molecule has 1 heterocycles. The molecule has 0 aliphatic carbocycles. The molecule has 3 rings (SSSR count). The first-order valence-corrected chi connectivity index (χ1v) is 8.82. The number of nitrogens with one attached hydrogen (secondary N) is 1. The van der Waals surface area contributed by atoms with Crippen molar-refractivity contribution in [3.05, 3.63) is 83.7 Å². The van der Waals surface area contributed by atoms with E-state index in [1.807, 2.05) is 54.0 Å². The standard InChI is InChI=1S/C21H23FN4O/c1-25(2)13-18-14-26(15-24-18)20-9-4-3-8-19(20)21(27)23-11-10-16-6-5-7-17(22)12-16/h3-9,12,14-15H,10-11,13H2,1-2H3,(H,23,27). The Kier molecular flexibility index (Phi) is 5.98. The first-order valence-electron chi connectivity index (χ1n) is 8.82. The Hall–Kier alpha value is -2.99. The largest absolute Gasteiger partial charge is 0.352 e. The maximum Gasteiger partial charge on any atom is 0.253 e. The lowest BCUT2D eigenvalue weighted by Crippen LogP contribution is -2.26. The van der Waals surface area contributed by atoms with Crippen LogP contribution in [0.25, 0.3) is 5.69 Å². The number of rotatable bonds is 7. The van der Waals surface area contributed by atoms with Crippen LogP contribution in [0.3, 0.4) is 0 Å². The number of halogens is 1. The van der Waals surface area contributed by atoms with Crippen LogP contribution < -0.4 is 5.32 Å². The number of carbonyl (C=O) groups excluding carboxylic acids is 1. The molecular weight excluding hydrogens is 343 g/mol. The molecule has 0 atom stereocenters. The predicted molar refractivity (Wildman–Crippen MR) is 103 cm³/mol. The number of hydrogen-bond acceptors (Lipinski definition) is 3. The van der Waals surface area contributed by atoms with E-state index in [1.54, 1.807) is 18.5 Å². The van der Waals surface area contributed by atoms with Crippen molar-refractivity contribution in [3.63, 3.8) is 0 Å². The molecule has 5 nitrogen and oxygen atoms in total. The third-order valence-corrected chi connectivity index (χ3v) is 4.13. The fourth-order valence-electron chi connectivity index (χ4n) is 2.90. The Labute approximate surface area is 158 Å². The summed E-state index contributed by atoms with van der Waals surface area (Å²) in [5.74, 6) is -0.428. The van der Waals surface area contributed by atoms with E-state index < -0.39 is 0 Å². The zero-order chi connectivity index (χ0) is 19.2. The van der Waals surface area contributed by atoms with E-state index in [0.29, 0.717) is 18.5 Å². The summed E-state index contributed by atoms with van der Waals surface area (Å²) in [5.41, 5.74) is 3.14. The van der Waals surface area contributed by atoms with Gasteiger partial charge in [-0.15, -0.1) is 0 Å². The number of hydrogen-bond donors (Lipinski definition) is 1. The normalized spacial score (nSPS) is 11.0. The quantitative estimate of drug-likeness (QED) is 0.699. The molecule has 0 spiro atoms. The summed E-state index contributed by atoms with van der Waals surface area (Å²) in [6.07, 6.45) is 4.22. The van der Waals surface area contributed by atoms with Gasteiger partial charge in [-0.2, -0.15) is 0 Å². The van der Waals surface area contributed by atoms with Gasteiger partial charge in [0.05, 0.1) is 23.3 Å². The molecule has 1 amide bonds. The van der Waals surface area contributed by atoms with E-state index in [2.05, 4.69) is 10.3 Å². The summed E-state index contributed by atoms with van der Waals surface area (Å²) >= 11 is 0. The number of carbonyl (C=O) groups is 1. The Morgan fingerprint density at radius 3 is 2.78 bits per heavy atom. The lowest BCUT2D eigenvalue weighted by Gasteiger charge is -2.11. The van der Waals surface area contributed by atoms with Crippen LogP contribution in [0.1, 0.15) is 21.6 Å². The highest BCUT2D eigenvalue weighted by molar-refractivity contribution is 5.97. The van der Waals surface area contributed by atoms with Gasteiger partial charge in [0.15, 0.2) is 0 Å². The van der Waals surface area contributed by atoms with Crippen molar-refractivity contribution in [1.82, 2.24) is 19.8 Å². The second-order valence-electron chi connectivity index (χ2n) is 6.66. The molecule has 140 valence electrons. The number of nitrogens with zero attached hydrogens (tertiary/aromatic N) is 3. The minimum atomic E-state index is -0.266. The van der Waals surface area contributed by atoms with Gasteiger partial charge in [-0.3, -0.25) is 4.79 Å². The molecule has 0 saturated carbocycles.